The SMILES string of the molecule is CCCc1nc(-c2cc(C)c(OC)cc2C)c(C)c(=O)[nH]1. The molecule has 4 nitrogen and oxygen atoms in total. The fraction of sp³-hybridized carbons (Fsp3) is 0.412. The lowest BCUT2D eigenvalue weighted by molar-refractivity contribution is 0.411. The Hall–Kier alpha value is -2.10. The molecule has 0 atom stereocenters. The molecular formula is C17H22N2O2. The lowest BCUT2D eigenvalue weighted by Crippen LogP contribution is -2.16. The molecule has 0 spiro atoms. The molecule has 0 aliphatic rings. The average molecular weight is 286 g/mol. The number of aryl methyl sites for hydroxylation is 3. The lowest BCUT2D eigenvalue weighted by atomic mass is 9.99. The van der Waals surface area contributed by atoms with Crippen molar-refractivity contribution in [2.24, 2.45) is 0 Å². The summed E-state index contributed by atoms with van der Waals surface area (Å²) in [5.41, 5.74) is 4.45. The van der Waals surface area contributed by atoms with Gasteiger partial charge in [0, 0.05) is 17.5 Å². The van der Waals surface area contributed by atoms with Gasteiger partial charge in [0.25, 0.3) is 5.56 Å². The summed E-state index contributed by atoms with van der Waals surface area (Å²) in [6, 6.07) is 4.03. The molecule has 2 rings (SSSR count). The summed E-state index contributed by atoms with van der Waals surface area (Å²) >= 11 is 0. The van der Waals surface area contributed by atoms with Crippen LogP contribution in [-0.4, -0.2) is 17.1 Å². The van der Waals surface area contributed by atoms with E-state index in [9.17, 15) is 4.79 Å². The standard InChI is InChI=1S/C17H22N2O2/c1-6-7-15-18-16(12(4)17(20)19-15)13-8-11(3)14(21-5)9-10(13)2/h8-9H,6-7H2,1-5H3,(H,18,19,20). The van der Waals surface area contributed by atoms with Gasteiger partial charge in [-0.2, -0.15) is 0 Å². The molecule has 0 aliphatic carbocycles. The van der Waals surface area contributed by atoms with Gasteiger partial charge < -0.3 is 9.72 Å². The Kier molecular flexibility index (Phi) is 4.46. The molecule has 0 saturated heterocycles. The van der Waals surface area contributed by atoms with Crippen molar-refractivity contribution in [1.82, 2.24) is 9.97 Å². The van der Waals surface area contributed by atoms with Gasteiger partial charge in [-0.1, -0.05) is 6.92 Å². The van der Waals surface area contributed by atoms with Gasteiger partial charge in [-0.15, -0.1) is 0 Å². The van der Waals surface area contributed by atoms with Crippen LogP contribution in [0.4, 0.5) is 0 Å². The lowest BCUT2D eigenvalue weighted by Gasteiger charge is -2.13. The number of aromatic nitrogens is 2. The van der Waals surface area contributed by atoms with E-state index < -0.39 is 0 Å². The first kappa shape index (κ1) is 15.3. The van der Waals surface area contributed by atoms with E-state index in [1.54, 1.807) is 7.11 Å². The summed E-state index contributed by atoms with van der Waals surface area (Å²) in [4.78, 5) is 19.6. The number of methoxy groups -OCH3 is 1. The van der Waals surface area contributed by atoms with Crippen molar-refractivity contribution in [3.05, 3.63) is 45.0 Å². The molecule has 0 fully saturated rings. The van der Waals surface area contributed by atoms with Crippen LogP contribution in [0.15, 0.2) is 16.9 Å². The maximum Gasteiger partial charge on any atom is 0.254 e. The normalized spacial score (nSPS) is 10.7. The molecule has 2 aromatic rings. The summed E-state index contributed by atoms with van der Waals surface area (Å²) in [6.45, 7) is 7.90. The van der Waals surface area contributed by atoms with Crippen molar-refractivity contribution in [1.29, 1.82) is 0 Å². The molecule has 112 valence electrons. The highest BCUT2D eigenvalue weighted by Crippen LogP contribution is 2.29. The highest BCUT2D eigenvalue weighted by atomic mass is 16.5. The summed E-state index contributed by atoms with van der Waals surface area (Å²) < 4.78 is 5.34. The molecule has 0 aliphatic heterocycles. The van der Waals surface area contributed by atoms with Crippen molar-refractivity contribution in [2.75, 3.05) is 7.11 Å². The van der Waals surface area contributed by atoms with Gasteiger partial charge in [-0.3, -0.25) is 4.79 Å². The van der Waals surface area contributed by atoms with Crippen molar-refractivity contribution in [3.63, 3.8) is 0 Å². The molecule has 1 heterocycles. The van der Waals surface area contributed by atoms with Gasteiger partial charge in [-0.05, 0) is 50.5 Å². The third kappa shape index (κ3) is 2.99. The Bertz CT molecular complexity index is 717. The maximum absolute atomic E-state index is 12.1. The third-order valence-electron chi connectivity index (χ3n) is 3.68. The van der Waals surface area contributed by atoms with Gasteiger partial charge in [0.1, 0.15) is 11.6 Å². The van der Waals surface area contributed by atoms with Crippen LogP contribution in [-0.2, 0) is 6.42 Å². The minimum Gasteiger partial charge on any atom is -0.496 e. The monoisotopic (exact) mass is 286 g/mol. The van der Waals surface area contributed by atoms with E-state index in [-0.39, 0.29) is 5.56 Å². The van der Waals surface area contributed by atoms with Crippen LogP contribution in [0.2, 0.25) is 0 Å². The van der Waals surface area contributed by atoms with E-state index in [0.717, 1.165) is 46.8 Å². The van der Waals surface area contributed by atoms with Gasteiger partial charge in [0.2, 0.25) is 0 Å². The summed E-state index contributed by atoms with van der Waals surface area (Å²) in [6.07, 6.45) is 1.72. The minimum atomic E-state index is -0.0590. The van der Waals surface area contributed by atoms with Crippen LogP contribution in [0.25, 0.3) is 11.3 Å². The largest absolute Gasteiger partial charge is 0.496 e. The van der Waals surface area contributed by atoms with Crippen LogP contribution in [0.1, 0.15) is 35.9 Å². The topological polar surface area (TPSA) is 55.0 Å². The number of nitrogens with one attached hydrogen (secondary N) is 1. The van der Waals surface area contributed by atoms with E-state index in [2.05, 4.69) is 16.9 Å². The number of hydrogen-bond donors (Lipinski definition) is 1. The van der Waals surface area contributed by atoms with Crippen LogP contribution < -0.4 is 10.3 Å². The second-order valence-electron chi connectivity index (χ2n) is 5.37. The van der Waals surface area contributed by atoms with E-state index in [0.29, 0.717) is 5.56 Å². The summed E-state index contributed by atoms with van der Waals surface area (Å²) in [5, 5.41) is 0. The van der Waals surface area contributed by atoms with Gasteiger partial charge in [0.05, 0.1) is 12.8 Å². The quantitative estimate of drug-likeness (QED) is 0.938. The van der Waals surface area contributed by atoms with Gasteiger partial charge >= 0.3 is 0 Å². The van der Waals surface area contributed by atoms with Gasteiger partial charge in [0.15, 0.2) is 0 Å². The number of hydrogen-bond acceptors (Lipinski definition) is 3. The number of ether oxygens (including phenoxy) is 1. The zero-order chi connectivity index (χ0) is 15.6. The number of nitrogens with zero attached hydrogens (tertiary/aromatic N) is 1. The highest BCUT2D eigenvalue weighted by Gasteiger charge is 2.13. The molecule has 1 N–H and O–H groups in total. The van der Waals surface area contributed by atoms with Crippen molar-refractivity contribution >= 4 is 0 Å². The molecule has 1 aromatic heterocycles. The first-order chi connectivity index (χ1) is 9.97. The minimum absolute atomic E-state index is 0.0590. The molecule has 21 heavy (non-hydrogen) atoms. The molecule has 0 unspecified atom stereocenters. The van der Waals surface area contributed by atoms with Crippen LogP contribution >= 0.6 is 0 Å². The van der Waals surface area contributed by atoms with Gasteiger partial charge in [-0.25, -0.2) is 4.98 Å². The van der Waals surface area contributed by atoms with E-state index in [1.807, 2.05) is 32.9 Å². The predicted molar refractivity (Wildman–Crippen MR) is 85.1 cm³/mol. The fourth-order valence-electron chi connectivity index (χ4n) is 2.46. The zero-order valence-electron chi connectivity index (χ0n) is 13.3. The second kappa shape index (κ2) is 6.12. The average Bonchev–Trinajstić information content (AvgIpc) is 2.45. The summed E-state index contributed by atoms with van der Waals surface area (Å²) in [5.74, 6) is 1.60. The second-order valence-corrected chi connectivity index (χ2v) is 5.37. The predicted octanol–water partition coefficient (Wildman–Crippen LogP) is 3.32. The first-order valence-electron chi connectivity index (χ1n) is 7.23. The molecule has 0 bridgehead atoms. The number of benzene rings is 1. The number of aromatic amines is 1. The molecule has 0 saturated carbocycles. The molecular weight excluding hydrogens is 264 g/mol. The Labute approximate surface area is 125 Å². The highest BCUT2D eigenvalue weighted by molar-refractivity contribution is 5.68. The van der Waals surface area contributed by atoms with E-state index in [1.165, 1.54) is 0 Å². The Balaban J connectivity index is 2.66. The smallest absolute Gasteiger partial charge is 0.254 e. The Morgan fingerprint density at radius 3 is 2.52 bits per heavy atom. The van der Waals surface area contributed by atoms with E-state index >= 15 is 0 Å². The first-order valence-corrected chi connectivity index (χ1v) is 7.23. The van der Waals surface area contributed by atoms with Crippen LogP contribution in [0, 0.1) is 20.8 Å². The van der Waals surface area contributed by atoms with Crippen molar-refractivity contribution in [2.45, 2.75) is 40.5 Å². The summed E-state index contributed by atoms with van der Waals surface area (Å²) in [7, 11) is 1.66. The molecule has 0 amide bonds. The van der Waals surface area contributed by atoms with E-state index in [4.69, 9.17) is 4.74 Å². The van der Waals surface area contributed by atoms with Crippen LogP contribution in [0.3, 0.4) is 0 Å². The van der Waals surface area contributed by atoms with Crippen LogP contribution in [0.5, 0.6) is 5.75 Å². The Morgan fingerprint density at radius 1 is 1.19 bits per heavy atom. The maximum atomic E-state index is 12.1. The Morgan fingerprint density at radius 2 is 1.90 bits per heavy atom. The molecule has 4 heteroatoms. The zero-order valence-corrected chi connectivity index (χ0v) is 13.3. The van der Waals surface area contributed by atoms with Crippen molar-refractivity contribution < 1.29 is 4.74 Å². The molecule has 1 aromatic carbocycles. The van der Waals surface area contributed by atoms with Crippen molar-refractivity contribution in [3.8, 4) is 17.0 Å². The number of H-pyrrole nitrogens is 1. The fourth-order valence-corrected chi connectivity index (χ4v) is 2.46. The molecule has 0 radical (unpaired) electrons. The third-order valence-corrected chi connectivity index (χ3v) is 3.68. The number of rotatable bonds is 4.